The van der Waals surface area contributed by atoms with Gasteiger partial charge in [-0.3, -0.25) is 9.36 Å². The van der Waals surface area contributed by atoms with E-state index in [-0.39, 0.29) is 29.4 Å². The molecule has 0 saturated carbocycles. The van der Waals surface area contributed by atoms with Crippen LogP contribution in [0.3, 0.4) is 0 Å². The van der Waals surface area contributed by atoms with Crippen molar-refractivity contribution in [1.29, 1.82) is 0 Å². The minimum absolute atomic E-state index is 0.135. The Morgan fingerprint density at radius 3 is 2.56 bits per heavy atom. The van der Waals surface area contributed by atoms with Crippen LogP contribution in [0.1, 0.15) is 49.3 Å². The van der Waals surface area contributed by atoms with Crippen molar-refractivity contribution in [1.82, 2.24) is 9.55 Å². The van der Waals surface area contributed by atoms with Gasteiger partial charge in [0.15, 0.2) is 0 Å². The first-order chi connectivity index (χ1) is 14.9. The van der Waals surface area contributed by atoms with Gasteiger partial charge in [0.2, 0.25) is 0 Å². The maximum atomic E-state index is 13.2. The van der Waals surface area contributed by atoms with E-state index in [4.69, 9.17) is 4.74 Å². The zero-order valence-corrected chi connectivity index (χ0v) is 20.1. The number of rotatable bonds is 6. The standard InChI is InChI=1S/C23H32N3O5P/c1-15-12-26(22(29)25-20(15)24-21(28)16-9-7-6-8-10-16)19-11-17(18(13-27)31-19)14-32(5,30)23(2,3)4/h6-10,12,17-19,27H,11,13-14H2,1-5H3,(H,24,25,28,29)/t17-,18-,19?,32?/m1/s1. The molecule has 2 N–H and O–H groups in total. The largest absolute Gasteiger partial charge is 0.394 e. The third-order valence-corrected chi connectivity index (χ3v) is 10.3. The topological polar surface area (TPSA) is 111 Å². The van der Waals surface area contributed by atoms with Crippen molar-refractivity contribution in [3.63, 3.8) is 0 Å². The molecule has 1 aromatic carbocycles. The molecule has 0 radical (unpaired) electrons. The Labute approximate surface area is 188 Å². The highest BCUT2D eigenvalue weighted by Gasteiger charge is 2.42. The summed E-state index contributed by atoms with van der Waals surface area (Å²) in [5, 5.41) is 12.1. The second-order valence-corrected chi connectivity index (χ2v) is 13.5. The first kappa shape index (κ1) is 24.4. The highest BCUT2D eigenvalue weighted by molar-refractivity contribution is 7.64. The van der Waals surface area contributed by atoms with Crippen LogP contribution in [-0.2, 0) is 9.30 Å². The maximum Gasteiger partial charge on any atom is 0.351 e. The zero-order valence-electron chi connectivity index (χ0n) is 19.2. The number of ether oxygens (including phenoxy) is 1. The average Bonchev–Trinajstić information content (AvgIpc) is 3.12. The fraction of sp³-hybridized carbons (Fsp3) is 0.522. The van der Waals surface area contributed by atoms with Crippen LogP contribution in [0.15, 0.2) is 41.3 Å². The van der Waals surface area contributed by atoms with Gasteiger partial charge in [0, 0.05) is 28.6 Å². The Balaban J connectivity index is 1.80. The predicted molar refractivity (Wildman–Crippen MR) is 125 cm³/mol. The number of anilines is 1. The molecule has 1 saturated heterocycles. The van der Waals surface area contributed by atoms with Crippen molar-refractivity contribution >= 4 is 18.9 Å². The monoisotopic (exact) mass is 461 g/mol. The van der Waals surface area contributed by atoms with Gasteiger partial charge < -0.3 is 19.7 Å². The van der Waals surface area contributed by atoms with Gasteiger partial charge in [-0.1, -0.05) is 39.0 Å². The fourth-order valence-corrected chi connectivity index (χ4v) is 5.56. The van der Waals surface area contributed by atoms with Crippen molar-refractivity contribution in [2.45, 2.75) is 51.6 Å². The molecule has 1 aromatic heterocycles. The highest BCUT2D eigenvalue weighted by Crippen LogP contribution is 2.57. The summed E-state index contributed by atoms with van der Waals surface area (Å²) < 4.78 is 20.6. The Hall–Kier alpha value is -2.28. The molecule has 1 fully saturated rings. The van der Waals surface area contributed by atoms with E-state index in [0.29, 0.717) is 23.7 Å². The number of aliphatic hydroxyl groups excluding tert-OH is 1. The summed E-state index contributed by atoms with van der Waals surface area (Å²) >= 11 is 0. The van der Waals surface area contributed by atoms with E-state index >= 15 is 0 Å². The molecule has 174 valence electrons. The van der Waals surface area contributed by atoms with Crippen molar-refractivity contribution < 1.29 is 19.2 Å². The highest BCUT2D eigenvalue weighted by atomic mass is 31.2. The summed E-state index contributed by atoms with van der Waals surface area (Å²) in [7, 11) is -2.51. The van der Waals surface area contributed by atoms with E-state index in [1.165, 1.54) is 4.57 Å². The molecule has 32 heavy (non-hydrogen) atoms. The number of aliphatic hydroxyl groups is 1. The summed E-state index contributed by atoms with van der Waals surface area (Å²) in [5.41, 5.74) is 0.516. The minimum atomic E-state index is -2.51. The van der Waals surface area contributed by atoms with Crippen LogP contribution in [0.5, 0.6) is 0 Å². The second-order valence-electron chi connectivity index (χ2n) is 9.54. The number of carbonyl (C=O) groups excluding carboxylic acids is 1. The average molecular weight is 461 g/mol. The molecule has 9 heteroatoms. The molecule has 3 rings (SSSR count). The first-order valence-corrected chi connectivity index (χ1v) is 13.1. The van der Waals surface area contributed by atoms with Crippen LogP contribution >= 0.6 is 7.14 Å². The molecule has 2 unspecified atom stereocenters. The predicted octanol–water partition coefficient (Wildman–Crippen LogP) is 3.49. The number of aromatic nitrogens is 2. The van der Waals surface area contributed by atoms with Gasteiger partial charge >= 0.3 is 5.69 Å². The van der Waals surface area contributed by atoms with Gasteiger partial charge in [0.05, 0.1) is 19.9 Å². The molecular formula is C23H32N3O5P. The van der Waals surface area contributed by atoms with E-state index in [2.05, 4.69) is 10.3 Å². The van der Waals surface area contributed by atoms with Crippen LogP contribution < -0.4 is 11.0 Å². The summed E-state index contributed by atoms with van der Waals surface area (Å²) in [6.45, 7) is 9.19. The van der Waals surface area contributed by atoms with Gasteiger partial charge in [-0.15, -0.1) is 0 Å². The third-order valence-electron chi connectivity index (χ3n) is 6.26. The van der Waals surface area contributed by atoms with Crippen molar-refractivity contribution in [2.24, 2.45) is 5.92 Å². The van der Waals surface area contributed by atoms with Gasteiger partial charge in [0.1, 0.15) is 12.0 Å². The molecule has 0 spiro atoms. The van der Waals surface area contributed by atoms with Crippen molar-refractivity contribution in [3.8, 4) is 0 Å². The van der Waals surface area contributed by atoms with E-state index in [9.17, 15) is 19.3 Å². The Morgan fingerprint density at radius 1 is 1.31 bits per heavy atom. The molecule has 2 aromatic rings. The third kappa shape index (κ3) is 5.20. The van der Waals surface area contributed by atoms with Gasteiger partial charge in [-0.2, -0.15) is 4.98 Å². The molecule has 1 aliphatic rings. The van der Waals surface area contributed by atoms with Crippen LogP contribution in [0.25, 0.3) is 0 Å². The zero-order chi connectivity index (χ0) is 23.7. The lowest BCUT2D eigenvalue weighted by molar-refractivity contribution is -0.0311. The number of hydrogen-bond donors (Lipinski definition) is 2. The minimum Gasteiger partial charge on any atom is -0.394 e. The van der Waals surface area contributed by atoms with Crippen LogP contribution in [0, 0.1) is 12.8 Å². The van der Waals surface area contributed by atoms with Crippen molar-refractivity contribution in [3.05, 3.63) is 58.1 Å². The van der Waals surface area contributed by atoms with Crippen LogP contribution in [0.2, 0.25) is 0 Å². The van der Waals surface area contributed by atoms with Crippen LogP contribution in [-0.4, -0.2) is 51.3 Å². The number of nitrogens with one attached hydrogen (secondary N) is 1. The molecule has 0 aliphatic carbocycles. The van der Waals surface area contributed by atoms with Crippen LogP contribution in [0.4, 0.5) is 5.82 Å². The number of nitrogens with zero attached hydrogens (tertiary/aromatic N) is 2. The maximum absolute atomic E-state index is 13.2. The van der Waals surface area contributed by atoms with E-state index in [1.54, 1.807) is 44.1 Å². The Kier molecular flexibility index (Phi) is 7.08. The van der Waals surface area contributed by atoms with E-state index in [0.717, 1.165) is 0 Å². The number of carbonyl (C=O) groups is 1. The number of amides is 1. The van der Waals surface area contributed by atoms with Crippen molar-refractivity contribution in [2.75, 3.05) is 24.8 Å². The lowest BCUT2D eigenvalue weighted by atomic mass is 10.0. The Bertz CT molecular complexity index is 1080. The molecule has 8 nitrogen and oxygen atoms in total. The number of aryl methyl sites for hydroxylation is 1. The van der Waals surface area contributed by atoms with Gasteiger partial charge in [-0.05, 0) is 38.1 Å². The van der Waals surface area contributed by atoms with E-state index < -0.39 is 25.2 Å². The van der Waals surface area contributed by atoms with Gasteiger partial charge in [-0.25, -0.2) is 4.79 Å². The number of hydrogen-bond acceptors (Lipinski definition) is 6. The summed E-state index contributed by atoms with van der Waals surface area (Å²) in [4.78, 5) is 29.2. The summed E-state index contributed by atoms with van der Waals surface area (Å²) in [6, 6.07) is 8.69. The molecule has 1 amide bonds. The summed E-state index contributed by atoms with van der Waals surface area (Å²) in [6.07, 6.45) is 1.38. The second kappa shape index (κ2) is 9.30. The quantitative estimate of drug-likeness (QED) is 0.637. The lowest BCUT2D eigenvalue weighted by Crippen LogP contribution is -2.29. The first-order valence-electron chi connectivity index (χ1n) is 10.7. The molecule has 4 atom stereocenters. The molecule has 1 aliphatic heterocycles. The summed E-state index contributed by atoms with van der Waals surface area (Å²) in [5.74, 6) is -0.291. The van der Waals surface area contributed by atoms with Gasteiger partial charge in [0.25, 0.3) is 5.91 Å². The number of benzene rings is 1. The molecule has 2 heterocycles. The SMILES string of the molecule is Cc1cn(C2C[C@H](CP(C)(=O)C(C)(C)C)[C@@H](CO)O2)c(=O)nc1NC(=O)c1ccccc1. The molecule has 0 bridgehead atoms. The fourth-order valence-electron chi connectivity index (χ4n) is 3.73. The normalized spacial score (nSPS) is 23.0. The smallest absolute Gasteiger partial charge is 0.351 e. The lowest BCUT2D eigenvalue weighted by Gasteiger charge is -2.31. The Morgan fingerprint density at radius 2 is 1.97 bits per heavy atom. The molecular weight excluding hydrogens is 429 g/mol. The van der Waals surface area contributed by atoms with E-state index in [1.807, 2.05) is 26.8 Å².